The molecular weight excluding hydrogens is 260 g/mol. The highest BCUT2D eigenvalue weighted by Crippen LogP contribution is 2.26. The van der Waals surface area contributed by atoms with E-state index in [-0.39, 0.29) is 5.91 Å². The van der Waals surface area contributed by atoms with Crippen LogP contribution < -0.4 is 10.2 Å². The number of amides is 1. The second kappa shape index (κ2) is 8.50. The van der Waals surface area contributed by atoms with E-state index in [1.807, 2.05) is 6.92 Å². The predicted molar refractivity (Wildman–Crippen MR) is 90.4 cm³/mol. The van der Waals surface area contributed by atoms with Crippen LogP contribution in [0.15, 0.2) is 30.5 Å². The Morgan fingerprint density at radius 2 is 1.90 bits per heavy atom. The fourth-order valence-corrected chi connectivity index (χ4v) is 2.35. The first-order valence-electron chi connectivity index (χ1n) is 7.91. The summed E-state index contributed by atoms with van der Waals surface area (Å²) in [6, 6.07) is 6.44. The lowest BCUT2D eigenvalue weighted by atomic mass is 10.0. The molecule has 1 aromatic carbocycles. The van der Waals surface area contributed by atoms with Crippen molar-refractivity contribution in [2.45, 2.75) is 53.5 Å². The van der Waals surface area contributed by atoms with Gasteiger partial charge in [-0.2, -0.15) is 0 Å². The van der Waals surface area contributed by atoms with Crippen molar-refractivity contribution in [2.24, 2.45) is 0 Å². The van der Waals surface area contributed by atoms with Crippen LogP contribution in [0, 0.1) is 0 Å². The molecule has 0 aliphatic carbocycles. The molecule has 1 aromatic rings. The number of anilines is 1. The zero-order valence-corrected chi connectivity index (χ0v) is 13.8. The van der Waals surface area contributed by atoms with Crippen LogP contribution in [0.5, 0.6) is 0 Å². The Labute approximate surface area is 129 Å². The molecule has 21 heavy (non-hydrogen) atoms. The molecule has 3 nitrogen and oxygen atoms in total. The normalized spacial score (nSPS) is 10.3. The lowest BCUT2D eigenvalue weighted by molar-refractivity contribution is -0.120. The summed E-state index contributed by atoms with van der Waals surface area (Å²) in [6.45, 7) is 14.0. The lowest BCUT2D eigenvalue weighted by Crippen LogP contribution is -2.24. The van der Waals surface area contributed by atoms with E-state index in [0.29, 0.717) is 13.0 Å². The Hall–Kier alpha value is -1.77. The highest BCUT2D eigenvalue weighted by Gasteiger charge is 2.12. The highest BCUT2D eigenvalue weighted by atomic mass is 16.1. The Balaban J connectivity index is 3.04. The summed E-state index contributed by atoms with van der Waals surface area (Å²) >= 11 is 0. The second-order valence-electron chi connectivity index (χ2n) is 5.11. The molecule has 0 radical (unpaired) electrons. The average Bonchev–Trinajstić information content (AvgIpc) is 2.53. The van der Waals surface area contributed by atoms with E-state index < -0.39 is 0 Å². The monoisotopic (exact) mass is 288 g/mol. The molecule has 0 saturated heterocycles. The number of hydrogen-bond donors (Lipinski definition) is 1. The summed E-state index contributed by atoms with van der Waals surface area (Å²) in [5.74, 6) is 0.0847. The van der Waals surface area contributed by atoms with Crippen LogP contribution in [0.25, 0.3) is 0 Å². The highest BCUT2D eigenvalue weighted by molar-refractivity contribution is 5.75. The van der Waals surface area contributed by atoms with Crippen molar-refractivity contribution in [3.05, 3.63) is 41.6 Å². The molecule has 0 heterocycles. The van der Waals surface area contributed by atoms with Crippen molar-refractivity contribution in [1.82, 2.24) is 5.32 Å². The van der Waals surface area contributed by atoms with Gasteiger partial charge in [0, 0.05) is 30.9 Å². The molecule has 0 unspecified atom stereocenters. The van der Waals surface area contributed by atoms with E-state index in [1.165, 1.54) is 11.3 Å². The van der Waals surface area contributed by atoms with Crippen molar-refractivity contribution in [3.63, 3.8) is 0 Å². The summed E-state index contributed by atoms with van der Waals surface area (Å²) in [5, 5.41) is 2.93. The van der Waals surface area contributed by atoms with Gasteiger partial charge in [0.25, 0.3) is 0 Å². The van der Waals surface area contributed by atoms with Gasteiger partial charge in [-0.1, -0.05) is 39.5 Å². The van der Waals surface area contributed by atoms with E-state index >= 15 is 0 Å². The fourth-order valence-electron chi connectivity index (χ4n) is 2.35. The van der Waals surface area contributed by atoms with Crippen LogP contribution >= 0.6 is 0 Å². The van der Waals surface area contributed by atoms with Gasteiger partial charge in [-0.15, -0.1) is 0 Å². The minimum absolute atomic E-state index is 0.0847. The number of carbonyl (C=O) groups is 1. The molecule has 0 bridgehead atoms. The lowest BCUT2D eigenvalue weighted by Gasteiger charge is -2.27. The first-order chi connectivity index (χ1) is 10.1. The van der Waals surface area contributed by atoms with Gasteiger partial charge in [0.15, 0.2) is 0 Å². The summed E-state index contributed by atoms with van der Waals surface area (Å²) < 4.78 is 0. The van der Waals surface area contributed by atoms with E-state index in [1.54, 1.807) is 0 Å². The Morgan fingerprint density at radius 1 is 1.19 bits per heavy atom. The number of nitrogens with one attached hydrogen (secondary N) is 1. The Morgan fingerprint density at radius 3 is 2.43 bits per heavy atom. The van der Waals surface area contributed by atoms with Crippen molar-refractivity contribution >= 4 is 11.6 Å². The number of allylic oxidation sites excluding steroid dienone is 1. The average molecular weight is 288 g/mol. The van der Waals surface area contributed by atoms with Crippen molar-refractivity contribution in [2.75, 3.05) is 11.4 Å². The molecule has 116 valence electrons. The molecule has 0 fully saturated rings. The number of aryl methyl sites for hydroxylation is 1. The maximum absolute atomic E-state index is 11.4. The quantitative estimate of drug-likeness (QED) is 0.783. The van der Waals surface area contributed by atoms with Gasteiger partial charge in [0.2, 0.25) is 5.91 Å². The minimum atomic E-state index is 0.0847. The van der Waals surface area contributed by atoms with Crippen LogP contribution in [-0.4, -0.2) is 12.5 Å². The Bertz CT molecular complexity index is 494. The number of rotatable bonds is 8. The van der Waals surface area contributed by atoms with Gasteiger partial charge in [-0.25, -0.2) is 0 Å². The summed E-state index contributed by atoms with van der Waals surface area (Å²) in [4.78, 5) is 13.7. The molecule has 1 N–H and O–H groups in total. The van der Waals surface area contributed by atoms with Crippen LogP contribution in [0.3, 0.4) is 0 Å². The minimum Gasteiger partial charge on any atom is -0.352 e. The number of benzene rings is 1. The third-order valence-corrected chi connectivity index (χ3v) is 3.74. The molecule has 0 atom stereocenters. The molecule has 1 rings (SSSR count). The number of carbonyl (C=O) groups excluding carboxylic acids is 1. The maximum atomic E-state index is 11.4. The molecule has 0 saturated carbocycles. The van der Waals surface area contributed by atoms with Crippen LogP contribution in [0.1, 0.15) is 51.7 Å². The second-order valence-corrected chi connectivity index (χ2v) is 5.11. The van der Waals surface area contributed by atoms with Crippen molar-refractivity contribution in [1.29, 1.82) is 0 Å². The molecule has 0 spiro atoms. The molecular formula is C18H28N2O. The summed E-state index contributed by atoms with van der Waals surface area (Å²) in [7, 11) is 0. The number of nitrogens with zero attached hydrogens (tertiary/aromatic N) is 1. The predicted octanol–water partition coefficient (Wildman–Crippen LogP) is 4.03. The van der Waals surface area contributed by atoms with Gasteiger partial charge < -0.3 is 10.2 Å². The van der Waals surface area contributed by atoms with Gasteiger partial charge >= 0.3 is 0 Å². The largest absolute Gasteiger partial charge is 0.352 e. The SMILES string of the molecule is C=C(CC)N(CC)c1cc(CNC(=O)CC)ccc1CC. The van der Waals surface area contributed by atoms with Crippen LogP contribution in [-0.2, 0) is 17.8 Å². The van der Waals surface area contributed by atoms with E-state index in [4.69, 9.17) is 0 Å². The Kier molecular flexibility index (Phi) is 7.00. The van der Waals surface area contributed by atoms with E-state index in [2.05, 4.69) is 55.8 Å². The van der Waals surface area contributed by atoms with E-state index in [0.717, 1.165) is 30.6 Å². The van der Waals surface area contributed by atoms with E-state index in [9.17, 15) is 4.79 Å². The first kappa shape index (κ1) is 17.3. The van der Waals surface area contributed by atoms with Gasteiger partial charge in [-0.05, 0) is 37.0 Å². The van der Waals surface area contributed by atoms with Gasteiger partial charge in [-0.3, -0.25) is 4.79 Å². The molecule has 0 aliphatic rings. The molecule has 3 heteroatoms. The van der Waals surface area contributed by atoms with Crippen LogP contribution in [0.2, 0.25) is 0 Å². The van der Waals surface area contributed by atoms with Crippen molar-refractivity contribution in [3.8, 4) is 0 Å². The number of hydrogen-bond acceptors (Lipinski definition) is 2. The van der Waals surface area contributed by atoms with Gasteiger partial charge in [0.05, 0.1) is 0 Å². The van der Waals surface area contributed by atoms with Crippen molar-refractivity contribution < 1.29 is 4.79 Å². The standard InChI is InChI=1S/C18H28N2O/c1-6-14(5)20(9-4)17-12-15(10-11-16(17)7-2)13-19-18(21)8-3/h10-12H,5-9,13H2,1-4H3,(H,19,21). The molecule has 0 aliphatic heterocycles. The zero-order chi connectivity index (χ0) is 15.8. The fraction of sp³-hybridized carbons (Fsp3) is 0.500. The maximum Gasteiger partial charge on any atom is 0.219 e. The summed E-state index contributed by atoms with van der Waals surface area (Å²) in [6.07, 6.45) is 2.45. The third-order valence-electron chi connectivity index (χ3n) is 3.74. The smallest absolute Gasteiger partial charge is 0.219 e. The third kappa shape index (κ3) is 4.62. The molecule has 0 aromatic heterocycles. The topological polar surface area (TPSA) is 32.3 Å². The van der Waals surface area contributed by atoms with Crippen LogP contribution in [0.4, 0.5) is 5.69 Å². The van der Waals surface area contributed by atoms with Gasteiger partial charge in [0.1, 0.15) is 0 Å². The molecule has 1 amide bonds. The zero-order valence-electron chi connectivity index (χ0n) is 13.8. The first-order valence-corrected chi connectivity index (χ1v) is 7.91. The summed E-state index contributed by atoms with van der Waals surface area (Å²) in [5.41, 5.74) is 4.79.